The number of nitrogens with zero attached hydrogens (tertiary/aromatic N) is 9. The van der Waals surface area contributed by atoms with Crippen molar-refractivity contribution < 1.29 is 23.8 Å². The van der Waals surface area contributed by atoms with Crippen LogP contribution in [0.1, 0.15) is 74.2 Å². The van der Waals surface area contributed by atoms with Crippen LogP contribution in [0.2, 0.25) is 0 Å². The van der Waals surface area contributed by atoms with Crippen molar-refractivity contribution in [1.82, 2.24) is 34.3 Å². The maximum atomic E-state index is 13.4. The van der Waals surface area contributed by atoms with Crippen LogP contribution in [0, 0.1) is 17.8 Å². The number of anilines is 2. The zero-order chi connectivity index (χ0) is 41.5. The molecule has 5 aromatic rings. The molecule has 4 aliphatic heterocycles. The van der Waals surface area contributed by atoms with E-state index in [1.807, 2.05) is 41.2 Å². The van der Waals surface area contributed by atoms with Crippen LogP contribution < -0.4 is 30.8 Å². The Bertz CT molecular complexity index is 2630. The molecule has 0 spiro atoms. The summed E-state index contributed by atoms with van der Waals surface area (Å²) in [6.07, 6.45) is 19.6. The molecular weight excluding hydrogens is 771 g/mol. The highest BCUT2D eigenvalue weighted by Gasteiger charge is 2.31. The summed E-state index contributed by atoms with van der Waals surface area (Å²) in [4.78, 5) is 49.1. The number of likely N-dealkylation sites (tertiary alicyclic amines) is 2. The number of methoxy groups -OCH3 is 1. The van der Waals surface area contributed by atoms with Crippen LogP contribution >= 0.6 is 0 Å². The predicted molar refractivity (Wildman–Crippen MR) is 232 cm³/mol. The number of ether oxygens (including phenoxy) is 1. The van der Waals surface area contributed by atoms with E-state index in [2.05, 4.69) is 59.6 Å². The van der Waals surface area contributed by atoms with Crippen LogP contribution in [0.15, 0.2) is 72.2 Å². The molecule has 5 aliphatic rings. The van der Waals surface area contributed by atoms with Crippen LogP contribution in [-0.2, 0) is 4.79 Å². The maximum absolute atomic E-state index is 13.4. The molecule has 1 saturated carbocycles. The third kappa shape index (κ3) is 8.16. The van der Waals surface area contributed by atoms with Crippen molar-refractivity contribution in [1.29, 1.82) is 0 Å². The number of nitrogens with one attached hydrogen (secondary N) is 2. The number of carbonyl (C=O) groups is 3. The highest BCUT2D eigenvalue weighted by Crippen LogP contribution is 2.35. The Kier molecular flexibility index (Phi) is 10.8. The summed E-state index contributed by atoms with van der Waals surface area (Å²) >= 11 is 0. The number of hydrogen-bond acceptors (Lipinski definition) is 9. The van der Waals surface area contributed by atoms with Gasteiger partial charge in [-0.25, -0.2) is 9.78 Å². The quantitative estimate of drug-likeness (QED) is 0.195. The number of fused-ring (bicyclic) bond motifs is 3. The van der Waals surface area contributed by atoms with Crippen molar-refractivity contribution in [2.45, 2.75) is 63.8 Å². The first-order chi connectivity index (χ1) is 29.8. The van der Waals surface area contributed by atoms with E-state index in [-0.39, 0.29) is 17.8 Å². The maximum Gasteiger partial charge on any atom is 0.328 e. The van der Waals surface area contributed by atoms with Gasteiger partial charge in [-0.1, -0.05) is 10.8 Å². The van der Waals surface area contributed by atoms with Gasteiger partial charge >= 0.3 is 6.03 Å². The van der Waals surface area contributed by atoms with E-state index in [4.69, 9.17) is 9.84 Å². The lowest BCUT2D eigenvalue weighted by molar-refractivity contribution is -0.424. The molecule has 10 rings (SSSR count). The number of piperidine rings is 2. The normalized spacial score (nSPS) is 22.6. The van der Waals surface area contributed by atoms with Crippen molar-refractivity contribution in [3.8, 4) is 5.75 Å². The second-order valence-electron chi connectivity index (χ2n) is 17.5. The number of rotatable bonds is 10. The largest absolute Gasteiger partial charge is 0.496 e. The lowest BCUT2D eigenvalue weighted by Crippen LogP contribution is -2.49. The van der Waals surface area contributed by atoms with E-state index in [1.165, 1.54) is 51.9 Å². The average Bonchev–Trinajstić information content (AvgIpc) is 4.01. The van der Waals surface area contributed by atoms with Gasteiger partial charge in [-0.05, 0) is 113 Å². The number of carbonyl (C=O) groups excluding carboxylic acids is 3. The number of imide groups is 1. The van der Waals surface area contributed by atoms with E-state index in [0.29, 0.717) is 47.7 Å². The molecule has 0 radical (unpaired) electrons. The van der Waals surface area contributed by atoms with Gasteiger partial charge in [-0.15, -0.1) is 0 Å². The highest BCUT2D eigenvalue weighted by atomic mass is 16.5. The summed E-state index contributed by atoms with van der Waals surface area (Å²) in [6, 6.07) is 15.7. The SMILES string of the molecule is COc1cc2c(cc1C(=O)Nc1cnc3cccnn13)=C/[N+](=C/C1CCC(CN3CCC(CN4CCC(n5ccc6c(N7CCC(=O)NC7=O)cccc65)CC4)CC3)CC1)N=2. The van der Waals surface area contributed by atoms with Gasteiger partial charge in [0.2, 0.25) is 12.1 Å². The first-order valence-electron chi connectivity index (χ1n) is 22.0. The third-order valence-electron chi connectivity index (χ3n) is 13.6. The minimum Gasteiger partial charge on any atom is -0.496 e. The molecular formula is C46H54N11O4+. The Labute approximate surface area is 354 Å². The van der Waals surface area contributed by atoms with Crippen LogP contribution in [0.4, 0.5) is 16.3 Å². The van der Waals surface area contributed by atoms with Gasteiger partial charge in [0.05, 0.1) is 35.3 Å². The third-order valence-corrected chi connectivity index (χ3v) is 13.6. The second kappa shape index (κ2) is 16.8. The van der Waals surface area contributed by atoms with Crippen LogP contribution in [-0.4, -0.2) is 111 Å². The van der Waals surface area contributed by atoms with Crippen molar-refractivity contribution in [3.63, 3.8) is 0 Å². The van der Waals surface area contributed by atoms with Gasteiger partial charge in [0, 0.05) is 80.1 Å². The summed E-state index contributed by atoms with van der Waals surface area (Å²) in [5.41, 5.74) is 3.11. The summed E-state index contributed by atoms with van der Waals surface area (Å²) in [7, 11) is 1.57. The number of benzene rings is 2. The van der Waals surface area contributed by atoms with E-state index in [9.17, 15) is 14.4 Å². The molecule has 7 heterocycles. The summed E-state index contributed by atoms with van der Waals surface area (Å²) in [5.74, 6) is 2.43. The van der Waals surface area contributed by atoms with E-state index in [1.54, 1.807) is 35.0 Å². The fraction of sp³-hybridized carbons (Fsp3) is 0.457. The smallest absolute Gasteiger partial charge is 0.328 e. The summed E-state index contributed by atoms with van der Waals surface area (Å²) in [6.45, 7) is 7.45. The van der Waals surface area contributed by atoms with E-state index < -0.39 is 0 Å². The zero-order valence-electron chi connectivity index (χ0n) is 34.8. The highest BCUT2D eigenvalue weighted by molar-refractivity contribution is 6.09. The topological polar surface area (TPSA) is 145 Å². The van der Waals surface area contributed by atoms with Gasteiger partial charge in [-0.3, -0.25) is 19.8 Å². The van der Waals surface area contributed by atoms with Gasteiger partial charge in [0.1, 0.15) is 11.1 Å². The molecule has 2 aromatic carbocycles. The molecule has 4 fully saturated rings. The van der Waals surface area contributed by atoms with Gasteiger partial charge in [0.25, 0.3) is 5.91 Å². The Morgan fingerprint density at radius 2 is 1.69 bits per heavy atom. The summed E-state index contributed by atoms with van der Waals surface area (Å²) in [5, 5.41) is 17.3. The van der Waals surface area contributed by atoms with Gasteiger partial charge in [0.15, 0.2) is 17.7 Å². The lowest BCUT2D eigenvalue weighted by atomic mass is 9.82. The fourth-order valence-electron chi connectivity index (χ4n) is 10.3. The lowest BCUT2D eigenvalue weighted by Gasteiger charge is -2.39. The van der Waals surface area contributed by atoms with Crippen LogP contribution in [0.25, 0.3) is 22.8 Å². The van der Waals surface area contributed by atoms with Crippen LogP contribution in [0.3, 0.4) is 0 Å². The average molecular weight is 825 g/mol. The Morgan fingerprint density at radius 3 is 2.46 bits per heavy atom. The molecule has 0 unspecified atom stereocenters. The number of amides is 4. The Morgan fingerprint density at radius 1 is 0.918 bits per heavy atom. The number of urea groups is 1. The second-order valence-corrected chi connectivity index (χ2v) is 17.5. The fourth-order valence-corrected chi connectivity index (χ4v) is 10.3. The minimum atomic E-state index is -0.336. The van der Waals surface area contributed by atoms with Gasteiger partial charge in [-0.2, -0.15) is 9.61 Å². The molecule has 1 aliphatic carbocycles. The Balaban J connectivity index is 0.670. The van der Waals surface area contributed by atoms with Crippen LogP contribution in [0.5, 0.6) is 5.75 Å². The molecule has 15 heteroatoms. The van der Waals surface area contributed by atoms with Crippen molar-refractivity contribution >= 4 is 58.3 Å². The molecule has 61 heavy (non-hydrogen) atoms. The van der Waals surface area contributed by atoms with E-state index in [0.717, 1.165) is 77.8 Å². The predicted octanol–water partition coefficient (Wildman–Crippen LogP) is 4.62. The minimum absolute atomic E-state index is 0.210. The monoisotopic (exact) mass is 824 g/mol. The molecule has 3 aromatic heterocycles. The molecule has 4 amide bonds. The van der Waals surface area contributed by atoms with Crippen molar-refractivity contribution in [3.05, 3.63) is 83.3 Å². The van der Waals surface area contributed by atoms with Crippen molar-refractivity contribution in [2.75, 3.05) is 63.1 Å². The molecule has 0 bridgehead atoms. The standard InChI is InChI=1S/C46H53N11O4/c1-61-41-25-38-34(24-37(41)45(59)49-43-26-47-42-6-3-17-48-57(42)43)30-54(51-38)29-32-9-7-31(8-10-32)27-52-18-11-33(12-19-52)28-53-20-13-35(14-21-53)55-22-15-36-39(55)4-2-5-40(36)56-23-16-44(58)50-46(56)60/h2-6,15,17,22,24-26,29-33,35H,7-14,16,18-21,23,27-28H2,1H3,(H-,48,49,50,58,59,60)/p+1/b54-29-. The van der Waals surface area contributed by atoms with Crippen molar-refractivity contribution in [2.24, 2.45) is 22.9 Å². The molecule has 3 saturated heterocycles. The summed E-state index contributed by atoms with van der Waals surface area (Å²) < 4.78 is 11.6. The first kappa shape index (κ1) is 39.2. The molecule has 316 valence electrons. The number of aromatic nitrogens is 4. The molecule has 2 N–H and O–H groups in total. The Hall–Kier alpha value is -5.93. The van der Waals surface area contributed by atoms with E-state index >= 15 is 0 Å². The molecule has 0 atom stereocenters. The first-order valence-corrected chi connectivity index (χ1v) is 22.0. The zero-order valence-corrected chi connectivity index (χ0v) is 34.8. The number of imidazole rings is 1. The molecule has 15 nitrogen and oxygen atoms in total. The number of hydrogen-bond donors (Lipinski definition) is 2. The van der Waals surface area contributed by atoms with Gasteiger partial charge < -0.3 is 24.4 Å².